The van der Waals surface area contributed by atoms with E-state index in [1.807, 2.05) is 36.5 Å². The molecule has 3 aliphatic heterocycles. The zero-order valence-electron chi connectivity index (χ0n) is 26.4. The summed E-state index contributed by atoms with van der Waals surface area (Å²) >= 11 is 0. The molecule has 1 aromatic carbocycles. The Morgan fingerprint density at radius 2 is 1.89 bits per heavy atom. The molecule has 236 valence electrons. The average Bonchev–Trinajstić information content (AvgIpc) is 3.75. The molecule has 3 aromatic heterocycles. The molecule has 4 aliphatic rings. The minimum absolute atomic E-state index is 0.0366. The van der Waals surface area contributed by atoms with Crippen molar-refractivity contribution in [3.63, 3.8) is 0 Å². The Labute approximate surface area is 268 Å². The van der Waals surface area contributed by atoms with Crippen LogP contribution in [0.25, 0.3) is 11.1 Å². The molecule has 1 aliphatic carbocycles. The summed E-state index contributed by atoms with van der Waals surface area (Å²) in [5.41, 5.74) is 8.91. The van der Waals surface area contributed by atoms with Crippen molar-refractivity contribution in [2.75, 3.05) is 48.3 Å². The number of fused-ring (bicyclic) bond motifs is 4. The summed E-state index contributed by atoms with van der Waals surface area (Å²) in [7, 11) is 3.88. The van der Waals surface area contributed by atoms with Crippen LogP contribution in [0.5, 0.6) is 0 Å². The fourth-order valence-electron chi connectivity index (χ4n) is 7.84. The number of carbonyl (C=O) groups excluding carboxylic acids is 1. The molecule has 10 nitrogen and oxygen atoms in total. The van der Waals surface area contributed by atoms with Gasteiger partial charge in [0.1, 0.15) is 17.2 Å². The number of aliphatic hydroxyl groups excluding tert-OH is 1. The standard InChI is InChI=1S/C36H39N7O3/c1-39-17-25-20-41(21-26(25)18-39)27-10-11-34(37-16-27)38-30-14-24(19-40(2)35(30)45)28-7-5-9-32(29(28)22-44)43-13-12-42-31-8-4-3-6-23(31)15-33(42)36(43)46/h5,7,9-11,14-16,19-20,26,44H,3-4,6,8,12-13,17-18,21-22H2,1-2H3,(H,37,38). The highest BCUT2D eigenvalue weighted by molar-refractivity contribution is 6.07. The molecule has 1 saturated heterocycles. The third-order valence-corrected chi connectivity index (χ3v) is 10.1. The first-order valence-electron chi connectivity index (χ1n) is 16.2. The van der Waals surface area contributed by atoms with E-state index in [-0.39, 0.29) is 18.1 Å². The molecule has 1 amide bonds. The average molecular weight is 618 g/mol. The van der Waals surface area contributed by atoms with Crippen LogP contribution in [0.3, 0.4) is 0 Å². The maximum atomic E-state index is 13.8. The number of likely N-dealkylation sites (N-methyl/N-ethyl adjacent to an activating group) is 1. The monoisotopic (exact) mass is 617 g/mol. The smallest absolute Gasteiger partial charge is 0.274 e. The van der Waals surface area contributed by atoms with Crippen LogP contribution in [-0.4, -0.2) is 63.3 Å². The lowest BCUT2D eigenvalue weighted by atomic mass is 9.98. The van der Waals surface area contributed by atoms with Crippen molar-refractivity contribution in [1.82, 2.24) is 19.0 Å². The number of pyridine rings is 2. The van der Waals surface area contributed by atoms with E-state index in [9.17, 15) is 14.7 Å². The molecule has 0 radical (unpaired) electrons. The quantitative estimate of drug-likeness (QED) is 0.333. The molecule has 4 aromatic rings. The number of hydrogen-bond acceptors (Lipinski definition) is 7. The predicted molar refractivity (Wildman–Crippen MR) is 180 cm³/mol. The number of carbonyl (C=O) groups is 1. The zero-order valence-corrected chi connectivity index (χ0v) is 26.4. The van der Waals surface area contributed by atoms with Crippen LogP contribution in [0.1, 0.15) is 40.2 Å². The van der Waals surface area contributed by atoms with Gasteiger partial charge in [-0.15, -0.1) is 0 Å². The Bertz CT molecular complexity index is 1940. The van der Waals surface area contributed by atoms with Crippen molar-refractivity contribution in [2.24, 2.45) is 13.0 Å². The largest absolute Gasteiger partial charge is 0.392 e. The Morgan fingerprint density at radius 3 is 2.70 bits per heavy atom. The van der Waals surface area contributed by atoms with E-state index in [2.05, 4.69) is 44.0 Å². The van der Waals surface area contributed by atoms with Crippen LogP contribution in [-0.2, 0) is 33.0 Å². The first-order chi connectivity index (χ1) is 22.4. The van der Waals surface area contributed by atoms with Gasteiger partial charge < -0.3 is 34.3 Å². The van der Waals surface area contributed by atoms with Crippen LogP contribution in [0.15, 0.2) is 71.4 Å². The lowest BCUT2D eigenvalue weighted by Gasteiger charge is -2.31. The molecule has 1 atom stereocenters. The van der Waals surface area contributed by atoms with Gasteiger partial charge in [-0.25, -0.2) is 4.98 Å². The number of aryl methyl sites for hydroxylation is 2. The van der Waals surface area contributed by atoms with Gasteiger partial charge in [0, 0.05) is 74.9 Å². The van der Waals surface area contributed by atoms with Gasteiger partial charge in [-0.3, -0.25) is 9.59 Å². The molecule has 1 unspecified atom stereocenters. The topological polar surface area (TPSA) is 98.9 Å². The molecule has 6 heterocycles. The van der Waals surface area contributed by atoms with Gasteiger partial charge in [0.25, 0.3) is 11.5 Å². The number of hydrogen-bond donors (Lipinski definition) is 2. The second-order valence-electron chi connectivity index (χ2n) is 13.1. The highest BCUT2D eigenvalue weighted by Gasteiger charge is 2.33. The Hall–Kier alpha value is -4.67. The molecule has 0 saturated carbocycles. The number of anilines is 4. The third-order valence-electron chi connectivity index (χ3n) is 10.1. The third kappa shape index (κ3) is 4.83. The summed E-state index contributed by atoms with van der Waals surface area (Å²) in [5.74, 6) is 1.11. The predicted octanol–water partition coefficient (Wildman–Crippen LogP) is 4.29. The number of amides is 1. The molecule has 0 spiro atoms. The number of nitrogens with zero attached hydrogens (tertiary/aromatic N) is 6. The van der Waals surface area contributed by atoms with E-state index in [4.69, 9.17) is 0 Å². The molecule has 46 heavy (non-hydrogen) atoms. The Balaban J connectivity index is 1.07. The second-order valence-corrected chi connectivity index (χ2v) is 13.1. The van der Waals surface area contributed by atoms with E-state index in [0.29, 0.717) is 35.2 Å². The minimum atomic E-state index is -0.245. The van der Waals surface area contributed by atoms with Crippen LogP contribution >= 0.6 is 0 Å². The van der Waals surface area contributed by atoms with Gasteiger partial charge >= 0.3 is 0 Å². The van der Waals surface area contributed by atoms with Crippen LogP contribution in [0.2, 0.25) is 0 Å². The van der Waals surface area contributed by atoms with Crippen molar-refractivity contribution in [3.05, 3.63) is 99.5 Å². The molecular weight excluding hydrogens is 578 g/mol. The van der Waals surface area contributed by atoms with E-state index in [0.717, 1.165) is 61.5 Å². The fourth-order valence-corrected chi connectivity index (χ4v) is 7.84. The first kappa shape index (κ1) is 28.8. The number of aliphatic hydroxyl groups is 1. The maximum absolute atomic E-state index is 13.8. The molecular formula is C36H39N7O3. The summed E-state index contributed by atoms with van der Waals surface area (Å²) in [6.07, 6.45) is 10.2. The number of nitrogens with one attached hydrogen (secondary N) is 1. The number of rotatable bonds is 6. The zero-order chi connectivity index (χ0) is 31.5. The fraction of sp³-hybridized carbons (Fsp3) is 0.361. The van der Waals surface area contributed by atoms with Gasteiger partial charge in [0.15, 0.2) is 0 Å². The summed E-state index contributed by atoms with van der Waals surface area (Å²) in [6.45, 7) is 4.08. The molecule has 2 N–H and O–H groups in total. The molecule has 8 rings (SSSR count). The van der Waals surface area contributed by atoms with Crippen molar-refractivity contribution < 1.29 is 9.90 Å². The van der Waals surface area contributed by atoms with E-state index < -0.39 is 0 Å². The normalized spacial score (nSPS) is 19.2. The molecule has 1 fully saturated rings. The van der Waals surface area contributed by atoms with E-state index in [1.165, 1.54) is 34.2 Å². The Morgan fingerprint density at radius 1 is 1.02 bits per heavy atom. The summed E-state index contributed by atoms with van der Waals surface area (Å²) in [6, 6.07) is 13.5. The minimum Gasteiger partial charge on any atom is -0.392 e. The van der Waals surface area contributed by atoms with E-state index in [1.54, 1.807) is 24.2 Å². The van der Waals surface area contributed by atoms with Gasteiger partial charge in [-0.1, -0.05) is 12.1 Å². The highest BCUT2D eigenvalue weighted by Crippen LogP contribution is 2.36. The van der Waals surface area contributed by atoms with Crippen molar-refractivity contribution >= 4 is 28.8 Å². The van der Waals surface area contributed by atoms with Crippen LogP contribution in [0.4, 0.5) is 22.9 Å². The van der Waals surface area contributed by atoms with Gasteiger partial charge in [0.05, 0.1) is 24.2 Å². The van der Waals surface area contributed by atoms with Gasteiger partial charge in [-0.05, 0) is 79.8 Å². The number of aromatic nitrogens is 3. The van der Waals surface area contributed by atoms with Crippen LogP contribution < -0.4 is 20.7 Å². The Kier molecular flexibility index (Phi) is 7.06. The summed E-state index contributed by atoms with van der Waals surface area (Å²) in [5, 5.41) is 13.9. The van der Waals surface area contributed by atoms with Crippen molar-refractivity contribution in [3.8, 4) is 11.1 Å². The first-order valence-corrected chi connectivity index (χ1v) is 16.2. The summed E-state index contributed by atoms with van der Waals surface area (Å²) in [4.78, 5) is 38.1. The lowest BCUT2D eigenvalue weighted by Crippen LogP contribution is -2.41. The molecule has 0 bridgehead atoms. The van der Waals surface area contributed by atoms with Gasteiger partial charge in [0.2, 0.25) is 0 Å². The second kappa shape index (κ2) is 11.3. The lowest BCUT2D eigenvalue weighted by molar-refractivity contribution is 0.0964. The van der Waals surface area contributed by atoms with Gasteiger partial charge in [-0.2, -0.15) is 0 Å². The summed E-state index contributed by atoms with van der Waals surface area (Å²) < 4.78 is 3.74. The SMILES string of the molecule is CN1CC2=CN(c3ccc(Nc4cc(-c5cccc(N6CCn7c(cc8c7CCCC8)C6=O)c5CO)cn(C)c4=O)nc3)CC2C1. The highest BCUT2D eigenvalue weighted by atomic mass is 16.3. The maximum Gasteiger partial charge on any atom is 0.274 e. The number of benzene rings is 1. The van der Waals surface area contributed by atoms with Crippen molar-refractivity contribution in [2.45, 2.75) is 38.8 Å². The number of likely N-dealkylation sites (tertiary alicyclic amines) is 1. The van der Waals surface area contributed by atoms with Crippen LogP contribution in [0, 0.1) is 5.92 Å². The van der Waals surface area contributed by atoms with Crippen molar-refractivity contribution in [1.29, 1.82) is 0 Å². The molecule has 10 heteroatoms. The van der Waals surface area contributed by atoms with E-state index >= 15 is 0 Å².